The molecule has 0 aromatic carbocycles. The van der Waals surface area contributed by atoms with Crippen molar-refractivity contribution >= 4 is 5.97 Å². The number of esters is 1. The Labute approximate surface area is 114 Å². The maximum atomic E-state index is 12.1. The molecule has 1 aromatic rings. The summed E-state index contributed by atoms with van der Waals surface area (Å²) in [6.45, 7) is 2.59. The van der Waals surface area contributed by atoms with Gasteiger partial charge in [0.05, 0.1) is 0 Å². The third-order valence-electron chi connectivity index (χ3n) is 3.89. The van der Waals surface area contributed by atoms with Crippen LogP contribution >= 0.6 is 0 Å². The fourth-order valence-corrected chi connectivity index (χ4v) is 2.66. The van der Waals surface area contributed by atoms with E-state index < -0.39 is 0 Å². The molecule has 4 nitrogen and oxygen atoms in total. The van der Waals surface area contributed by atoms with E-state index in [4.69, 9.17) is 10.5 Å². The molecule has 1 saturated carbocycles. The summed E-state index contributed by atoms with van der Waals surface area (Å²) >= 11 is 0. The average Bonchev–Trinajstić information content (AvgIpc) is 2.48. The number of nitrogens with zero attached hydrogens (tertiary/aromatic N) is 1. The van der Waals surface area contributed by atoms with Crippen LogP contribution in [0.15, 0.2) is 18.3 Å². The van der Waals surface area contributed by atoms with Gasteiger partial charge in [0.2, 0.25) is 0 Å². The molecular weight excluding hydrogens is 240 g/mol. The number of carbonyl (C=O) groups is 1. The lowest BCUT2D eigenvalue weighted by Crippen LogP contribution is -2.30. The fourth-order valence-electron chi connectivity index (χ4n) is 2.66. The number of ether oxygens (including phenoxy) is 1. The van der Waals surface area contributed by atoms with E-state index in [0.717, 1.165) is 31.2 Å². The van der Waals surface area contributed by atoms with Crippen molar-refractivity contribution in [3.63, 3.8) is 0 Å². The molecule has 1 aromatic heterocycles. The summed E-state index contributed by atoms with van der Waals surface area (Å²) in [6.07, 6.45) is 7.29. The maximum Gasteiger partial charge on any atom is 0.357 e. The zero-order chi connectivity index (χ0) is 13.7. The number of aromatic nitrogens is 1. The van der Waals surface area contributed by atoms with Crippen LogP contribution in [0, 0.1) is 5.92 Å². The van der Waals surface area contributed by atoms with Crippen LogP contribution in [-0.4, -0.2) is 17.1 Å². The lowest BCUT2D eigenvalue weighted by atomic mass is 9.85. The van der Waals surface area contributed by atoms with Crippen LogP contribution in [0.3, 0.4) is 0 Å². The van der Waals surface area contributed by atoms with Gasteiger partial charge in [-0.25, -0.2) is 9.78 Å². The Morgan fingerprint density at radius 1 is 1.42 bits per heavy atom. The molecule has 1 aliphatic carbocycles. The highest BCUT2D eigenvalue weighted by Crippen LogP contribution is 2.29. The number of pyridine rings is 1. The molecule has 0 bridgehead atoms. The van der Waals surface area contributed by atoms with Gasteiger partial charge in [-0.1, -0.05) is 19.4 Å². The lowest BCUT2D eigenvalue weighted by Gasteiger charge is -2.30. The van der Waals surface area contributed by atoms with E-state index in [-0.39, 0.29) is 12.1 Å². The zero-order valence-corrected chi connectivity index (χ0v) is 11.5. The van der Waals surface area contributed by atoms with Crippen LogP contribution in [0.1, 0.15) is 55.1 Å². The molecule has 0 saturated heterocycles. The molecule has 104 valence electrons. The van der Waals surface area contributed by atoms with Crippen LogP contribution < -0.4 is 5.73 Å². The Balaban J connectivity index is 1.98. The second-order valence-electron chi connectivity index (χ2n) is 5.15. The van der Waals surface area contributed by atoms with Crippen LogP contribution in [0.25, 0.3) is 0 Å². The van der Waals surface area contributed by atoms with Crippen molar-refractivity contribution in [1.82, 2.24) is 4.98 Å². The molecule has 1 heterocycles. The van der Waals surface area contributed by atoms with Crippen molar-refractivity contribution in [1.29, 1.82) is 0 Å². The van der Waals surface area contributed by atoms with E-state index in [0.29, 0.717) is 18.2 Å². The minimum Gasteiger partial charge on any atom is -0.457 e. The zero-order valence-electron chi connectivity index (χ0n) is 11.5. The fraction of sp³-hybridized carbons (Fsp3) is 0.600. The first-order valence-electron chi connectivity index (χ1n) is 7.10. The number of hydrogen-bond donors (Lipinski definition) is 1. The first-order valence-corrected chi connectivity index (χ1v) is 7.10. The first-order chi connectivity index (χ1) is 9.24. The molecule has 4 heteroatoms. The van der Waals surface area contributed by atoms with Crippen molar-refractivity contribution in [3.8, 4) is 0 Å². The van der Waals surface area contributed by atoms with Crippen molar-refractivity contribution in [3.05, 3.63) is 29.6 Å². The molecule has 19 heavy (non-hydrogen) atoms. The summed E-state index contributed by atoms with van der Waals surface area (Å²) in [5.41, 5.74) is 6.80. The van der Waals surface area contributed by atoms with Gasteiger partial charge < -0.3 is 10.5 Å². The highest BCUT2D eigenvalue weighted by Gasteiger charge is 2.27. The normalized spacial score (nSPS) is 23.1. The first kappa shape index (κ1) is 14.0. The van der Waals surface area contributed by atoms with Gasteiger partial charge in [-0.2, -0.15) is 0 Å². The second-order valence-corrected chi connectivity index (χ2v) is 5.15. The molecule has 0 amide bonds. The Morgan fingerprint density at radius 2 is 2.21 bits per heavy atom. The van der Waals surface area contributed by atoms with Crippen molar-refractivity contribution in [2.45, 2.75) is 51.7 Å². The minimum absolute atomic E-state index is 0.0576. The van der Waals surface area contributed by atoms with E-state index in [2.05, 4.69) is 11.9 Å². The van der Waals surface area contributed by atoms with Gasteiger partial charge in [-0.3, -0.25) is 0 Å². The quantitative estimate of drug-likeness (QED) is 0.847. The van der Waals surface area contributed by atoms with E-state index >= 15 is 0 Å². The van der Waals surface area contributed by atoms with Gasteiger partial charge >= 0.3 is 5.97 Å². The molecule has 0 aliphatic heterocycles. The molecule has 2 unspecified atom stereocenters. The minimum atomic E-state index is -0.311. The molecule has 2 rings (SSSR count). The Morgan fingerprint density at radius 3 is 2.84 bits per heavy atom. The van der Waals surface area contributed by atoms with Crippen LogP contribution in [-0.2, 0) is 11.3 Å². The number of hydrogen-bond acceptors (Lipinski definition) is 4. The number of carbonyl (C=O) groups excluding carboxylic acids is 1. The molecule has 1 fully saturated rings. The number of rotatable bonds is 4. The van der Waals surface area contributed by atoms with E-state index in [9.17, 15) is 4.79 Å². The molecule has 2 N–H and O–H groups in total. The van der Waals surface area contributed by atoms with E-state index in [1.54, 1.807) is 12.3 Å². The Bertz CT molecular complexity index is 417. The standard InChI is InChI=1S/C15H22N2O2/c1-2-12-5-3-4-6-14(12)19-15(18)13-8-7-11(9-16)10-17-13/h7-8,10,12,14H,2-6,9,16H2,1H3. The average molecular weight is 262 g/mol. The molecule has 1 aliphatic rings. The van der Waals surface area contributed by atoms with Gasteiger partial charge in [-0.15, -0.1) is 0 Å². The summed E-state index contributed by atoms with van der Waals surface area (Å²) in [5, 5.41) is 0. The molecule has 0 spiro atoms. The van der Waals surface area contributed by atoms with Crippen LogP contribution in [0.2, 0.25) is 0 Å². The third-order valence-corrected chi connectivity index (χ3v) is 3.89. The van der Waals surface area contributed by atoms with Crippen LogP contribution in [0.5, 0.6) is 0 Å². The van der Waals surface area contributed by atoms with Gasteiger partial charge in [0.1, 0.15) is 11.8 Å². The van der Waals surface area contributed by atoms with Crippen molar-refractivity contribution in [2.24, 2.45) is 11.7 Å². The Hall–Kier alpha value is -1.42. The van der Waals surface area contributed by atoms with Crippen molar-refractivity contribution < 1.29 is 9.53 Å². The van der Waals surface area contributed by atoms with E-state index in [1.165, 1.54) is 6.42 Å². The third kappa shape index (κ3) is 3.53. The van der Waals surface area contributed by atoms with Crippen LogP contribution in [0.4, 0.5) is 0 Å². The Kier molecular flexibility index (Phi) is 4.91. The summed E-state index contributed by atoms with van der Waals surface area (Å²) in [5.74, 6) is 0.190. The molecule has 0 radical (unpaired) electrons. The summed E-state index contributed by atoms with van der Waals surface area (Å²) < 4.78 is 5.62. The van der Waals surface area contributed by atoms with Gasteiger partial charge in [-0.05, 0) is 43.2 Å². The monoisotopic (exact) mass is 262 g/mol. The maximum absolute atomic E-state index is 12.1. The molecular formula is C15H22N2O2. The predicted molar refractivity (Wildman–Crippen MR) is 73.6 cm³/mol. The highest BCUT2D eigenvalue weighted by atomic mass is 16.5. The summed E-state index contributed by atoms with van der Waals surface area (Å²) in [4.78, 5) is 16.2. The van der Waals surface area contributed by atoms with Crippen molar-refractivity contribution in [2.75, 3.05) is 0 Å². The summed E-state index contributed by atoms with van der Waals surface area (Å²) in [6, 6.07) is 3.51. The smallest absolute Gasteiger partial charge is 0.357 e. The van der Waals surface area contributed by atoms with E-state index in [1.807, 2.05) is 6.07 Å². The SMILES string of the molecule is CCC1CCCCC1OC(=O)c1ccc(CN)cn1. The largest absolute Gasteiger partial charge is 0.457 e. The topological polar surface area (TPSA) is 65.2 Å². The van der Waals surface area contributed by atoms with Gasteiger partial charge in [0.15, 0.2) is 0 Å². The highest BCUT2D eigenvalue weighted by molar-refractivity contribution is 5.87. The summed E-state index contributed by atoms with van der Waals surface area (Å²) in [7, 11) is 0. The number of nitrogens with two attached hydrogens (primary N) is 1. The van der Waals surface area contributed by atoms with Gasteiger partial charge in [0.25, 0.3) is 0 Å². The second kappa shape index (κ2) is 6.66. The molecule has 2 atom stereocenters. The predicted octanol–water partition coefficient (Wildman–Crippen LogP) is 2.67. The lowest BCUT2D eigenvalue weighted by molar-refractivity contribution is 0.000115. The van der Waals surface area contributed by atoms with Gasteiger partial charge in [0, 0.05) is 12.7 Å².